The number of aromatic hydroxyl groups is 1. The van der Waals surface area contributed by atoms with E-state index in [4.69, 9.17) is 18.1 Å². The molecule has 5 aromatic carbocycles. The predicted molar refractivity (Wildman–Crippen MR) is 162 cm³/mol. The summed E-state index contributed by atoms with van der Waals surface area (Å²) in [5.74, 6) is -16.5. The van der Waals surface area contributed by atoms with Crippen LogP contribution in [-0.4, -0.2) is 12.3 Å². The minimum absolute atomic E-state index is 0.0879. The van der Waals surface area contributed by atoms with Crippen molar-refractivity contribution in [2.24, 2.45) is 0 Å². The van der Waals surface area contributed by atoms with Gasteiger partial charge in [0.25, 0.3) is 0 Å². The summed E-state index contributed by atoms with van der Waals surface area (Å²) in [5.41, 5.74) is -0.723. The molecule has 0 fully saturated rings. The molecule has 0 radical (unpaired) electrons. The van der Waals surface area contributed by atoms with E-state index in [9.17, 15) is 48.3 Å². The largest absolute Gasteiger partial charge is 0.508 e. The molecule has 0 saturated heterocycles. The summed E-state index contributed by atoms with van der Waals surface area (Å²) in [6.45, 7) is 2.03. The Kier molecular flexibility index (Phi) is 12.7. The zero-order valence-electron chi connectivity index (χ0n) is 26.3. The number of phenols is 1. The molecule has 0 aliphatic heterocycles. The molecular weight excluding hydrogens is 716 g/mol. The number of benzene rings is 5. The molecule has 15 heteroatoms. The molecule has 0 amide bonds. The summed E-state index contributed by atoms with van der Waals surface area (Å²) in [4.78, 5) is 0. The second-order valence-corrected chi connectivity index (χ2v) is 10.5. The highest BCUT2D eigenvalue weighted by atomic mass is 35.5. The van der Waals surface area contributed by atoms with E-state index in [-0.39, 0.29) is 17.2 Å². The van der Waals surface area contributed by atoms with Crippen LogP contribution in [0.3, 0.4) is 0 Å². The smallest absolute Gasteiger partial charge is 0.432 e. The van der Waals surface area contributed by atoms with Gasteiger partial charge in [-0.05, 0) is 52.9 Å². The van der Waals surface area contributed by atoms with Gasteiger partial charge in [-0.3, -0.25) is 4.39 Å². The fourth-order valence-electron chi connectivity index (χ4n) is 4.50. The molecule has 0 aliphatic rings. The molecule has 50 heavy (non-hydrogen) atoms. The monoisotopic (exact) mass is 739 g/mol. The summed E-state index contributed by atoms with van der Waals surface area (Å²) in [7, 11) is -1.00. The zero-order chi connectivity index (χ0) is 38.2. The first kappa shape index (κ1) is 38.0. The second kappa shape index (κ2) is 16.7. The number of alkyl halides is 3. The van der Waals surface area contributed by atoms with E-state index in [1.165, 1.54) is 6.07 Å². The lowest BCUT2D eigenvalue weighted by molar-refractivity contribution is -0.189. The van der Waals surface area contributed by atoms with Crippen LogP contribution in [0.1, 0.15) is 25.8 Å². The van der Waals surface area contributed by atoms with E-state index in [0.717, 1.165) is 24.5 Å². The van der Waals surface area contributed by atoms with Crippen molar-refractivity contribution in [1.82, 2.24) is 0 Å². The highest BCUT2D eigenvalue weighted by molar-refractivity contribution is 6.33. The van der Waals surface area contributed by atoms with Crippen molar-refractivity contribution in [1.29, 1.82) is 0 Å². The molecule has 0 atom stereocenters. The van der Waals surface area contributed by atoms with Crippen LogP contribution in [0.2, 0.25) is 5.02 Å². The Morgan fingerprint density at radius 3 is 1.58 bits per heavy atom. The second-order valence-electron chi connectivity index (χ2n) is 10.1. The molecule has 1 N–H and O–H groups in total. The summed E-state index contributed by atoms with van der Waals surface area (Å²) < 4.78 is 169. The van der Waals surface area contributed by atoms with Crippen LogP contribution in [0.15, 0.2) is 72.8 Å². The maximum Gasteiger partial charge on any atom is 0.432 e. The lowest BCUT2D eigenvalue weighted by Gasteiger charge is -2.20. The first-order valence-electron chi connectivity index (χ1n) is 14.6. The van der Waals surface area contributed by atoms with Gasteiger partial charge in [-0.1, -0.05) is 49.2 Å². The van der Waals surface area contributed by atoms with Crippen LogP contribution in [0, 0.1) is 52.4 Å². The maximum atomic E-state index is 15.1. The summed E-state index contributed by atoms with van der Waals surface area (Å²) in [6, 6.07) is 11.8. The molecule has 2 nitrogen and oxygen atoms in total. The number of hydrogen-bond donors (Lipinski definition) is 1. The molecule has 266 valence electrons. The maximum absolute atomic E-state index is 15.1. The Labute approximate surface area is 283 Å². The third-order valence-electron chi connectivity index (χ3n) is 6.66. The summed E-state index contributed by atoms with van der Waals surface area (Å²) in [5, 5.41) is 8.24. The Morgan fingerprint density at radius 2 is 1.12 bits per heavy atom. The van der Waals surface area contributed by atoms with Crippen LogP contribution in [-0.2, 0) is 12.5 Å². The average Bonchev–Trinajstić information content (AvgIpc) is 3.02. The van der Waals surface area contributed by atoms with Gasteiger partial charge in [-0.25, -0.2) is 39.5 Å². The number of aryl methyl sites for hydroxylation is 1. The van der Waals surface area contributed by atoms with Crippen molar-refractivity contribution in [2.75, 3.05) is 7.15 Å². The van der Waals surface area contributed by atoms with E-state index in [1.807, 2.05) is 19.1 Å². The first-order valence-corrected chi connectivity index (χ1v) is 14.3. The first-order chi connectivity index (χ1) is 23.9. The molecule has 0 aliphatic carbocycles. The van der Waals surface area contributed by atoms with Crippen LogP contribution in [0.4, 0.5) is 52.7 Å². The van der Waals surface area contributed by atoms with Crippen molar-refractivity contribution < 1.29 is 63.9 Å². The van der Waals surface area contributed by atoms with E-state index in [1.54, 1.807) is 12.1 Å². The highest BCUT2D eigenvalue weighted by Crippen LogP contribution is 2.40. The van der Waals surface area contributed by atoms with Crippen LogP contribution < -0.4 is 4.74 Å². The third kappa shape index (κ3) is 9.23. The van der Waals surface area contributed by atoms with Crippen LogP contribution in [0.5, 0.6) is 11.5 Å². The van der Waals surface area contributed by atoms with Gasteiger partial charge in [0.2, 0.25) is 0 Å². The van der Waals surface area contributed by atoms with Gasteiger partial charge in [0, 0.05) is 29.8 Å². The number of ether oxygens (including phenoxy) is 1. The number of halogens is 13. The topological polar surface area (TPSA) is 29.5 Å². The van der Waals surface area contributed by atoms with Gasteiger partial charge in [-0.2, -0.15) is 8.78 Å². The number of hydrogen-bond acceptors (Lipinski definition) is 2. The van der Waals surface area contributed by atoms with E-state index in [2.05, 4.69) is 4.74 Å². The fraction of sp³-hybridized carbons (Fsp3) is 0.143. The molecule has 5 aromatic rings. The molecule has 5 rings (SSSR count). The van der Waals surface area contributed by atoms with Gasteiger partial charge >= 0.3 is 6.11 Å². The van der Waals surface area contributed by atoms with Crippen molar-refractivity contribution >= 4 is 11.6 Å². The molecule has 0 spiro atoms. The zero-order valence-corrected chi connectivity index (χ0v) is 26.1. The van der Waals surface area contributed by atoms with E-state index < -0.39 is 93.8 Å². The molecule has 0 heterocycles. The quantitative estimate of drug-likeness (QED) is 0.133. The minimum Gasteiger partial charge on any atom is -0.508 e. The molecule has 0 aromatic heterocycles. The van der Waals surface area contributed by atoms with Gasteiger partial charge in [0.15, 0.2) is 34.9 Å². The molecule has 0 unspecified atom stereocenters. The normalized spacial score (nSPS) is 11.2. The predicted octanol–water partition coefficient (Wildman–Crippen LogP) is 12.0. The SMILES string of the molecule is CCCc1ccc(-c2cc(F)c(-c3cc(F)c(C(F)(F)Oc4cc(F)c(F)c(F)c4)c(F)c3)c(Cl)c2)cc1.Oc1cc(F)c(F)c(F)c1.[2H]CF. The average molecular weight is 740 g/mol. The van der Waals surface area contributed by atoms with Crippen LogP contribution >= 0.6 is 11.6 Å². The van der Waals surface area contributed by atoms with Crippen LogP contribution in [0.25, 0.3) is 22.3 Å². The van der Waals surface area contributed by atoms with Gasteiger partial charge in [0.1, 0.15) is 34.5 Å². The minimum atomic E-state index is -4.78. The molecule has 0 saturated carbocycles. The van der Waals surface area contributed by atoms with E-state index >= 15 is 4.39 Å². The highest BCUT2D eigenvalue weighted by Gasteiger charge is 2.42. The van der Waals surface area contributed by atoms with Crippen molar-refractivity contribution in [3.8, 4) is 33.8 Å². The Bertz CT molecular complexity index is 1900. The standard InChI is InChI=1S/C28H17ClF8O.C6H3F3O.CH3F/c1-2-3-14-4-6-15(7-5-14)16-8-19(29)25(20(30)9-16)17-10-21(31)26(22(32)11-17)28(36,37)38-18-12-23(33)27(35)24(34)13-18;7-4-1-3(10)2-5(8)6(4)9;1-2/h4-13H,2-3H2,1H3;1-2,10H;1H3/i;;1D. The summed E-state index contributed by atoms with van der Waals surface area (Å²) in [6.07, 6.45) is -2.97. The van der Waals surface area contributed by atoms with Gasteiger partial charge in [-0.15, -0.1) is 0 Å². The third-order valence-corrected chi connectivity index (χ3v) is 6.96. The fourth-order valence-corrected chi connectivity index (χ4v) is 4.81. The van der Waals surface area contributed by atoms with Crippen molar-refractivity contribution in [3.05, 3.63) is 141 Å². The Hall–Kier alpha value is -4.85. The van der Waals surface area contributed by atoms with Crippen molar-refractivity contribution in [3.63, 3.8) is 0 Å². The lowest BCUT2D eigenvalue weighted by atomic mass is 9.97. The Balaban J connectivity index is 0.000000456. The summed E-state index contributed by atoms with van der Waals surface area (Å²) >= 11 is 6.22. The molecule has 0 bridgehead atoms. The van der Waals surface area contributed by atoms with Gasteiger partial charge in [0.05, 0.1) is 13.5 Å². The van der Waals surface area contributed by atoms with Crippen molar-refractivity contribution in [2.45, 2.75) is 25.9 Å². The van der Waals surface area contributed by atoms with E-state index in [0.29, 0.717) is 35.4 Å². The van der Waals surface area contributed by atoms with Gasteiger partial charge < -0.3 is 9.84 Å². The number of phenolic OH excluding ortho intramolecular Hbond substituents is 1. The lowest BCUT2D eigenvalue weighted by Crippen LogP contribution is -2.25. The number of rotatable bonds is 7. The molecular formula is C35H23ClF12O2. The Morgan fingerprint density at radius 1 is 0.660 bits per heavy atom.